The fourth-order valence-corrected chi connectivity index (χ4v) is 5.26. The standard InChI is InChI=1S/C13H15N3O3S2/c17-12-6-4-10(14-15-12)11-5-7-13(20-11)21(18,19)16-8-2-1-3-9-16/h4-7H,1-3,8-9H2,(H,15,17). The number of nitrogens with one attached hydrogen (secondary N) is 1. The smallest absolute Gasteiger partial charge is 0.264 e. The van der Waals surface area contributed by atoms with Gasteiger partial charge >= 0.3 is 0 Å². The maximum absolute atomic E-state index is 12.5. The molecule has 0 saturated carbocycles. The molecule has 0 aliphatic carbocycles. The Balaban J connectivity index is 1.90. The summed E-state index contributed by atoms with van der Waals surface area (Å²) in [5, 5.41) is 6.27. The first-order valence-corrected chi connectivity index (χ1v) is 8.99. The van der Waals surface area contributed by atoms with Crippen LogP contribution in [0.2, 0.25) is 0 Å². The third-order valence-electron chi connectivity index (χ3n) is 3.42. The maximum Gasteiger partial charge on any atom is 0.264 e. The van der Waals surface area contributed by atoms with Crippen LogP contribution in [0.3, 0.4) is 0 Å². The summed E-state index contributed by atoms with van der Waals surface area (Å²) < 4.78 is 27.0. The van der Waals surface area contributed by atoms with Crippen LogP contribution in [0.4, 0.5) is 0 Å². The minimum Gasteiger partial charge on any atom is -0.268 e. The van der Waals surface area contributed by atoms with Crippen molar-refractivity contribution in [2.75, 3.05) is 13.1 Å². The lowest BCUT2D eigenvalue weighted by Gasteiger charge is -2.25. The number of hydrogen-bond donors (Lipinski definition) is 1. The SMILES string of the molecule is O=c1ccc(-c2ccc(S(=O)(=O)N3CCCCC3)s2)n[nH]1. The predicted octanol–water partition coefficient (Wildman–Crippen LogP) is 1.67. The molecule has 0 atom stereocenters. The van der Waals surface area contributed by atoms with Crippen LogP contribution >= 0.6 is 11.3 Å². The van der Waals surface area contributed by atoms with Crippen LogP contribution in [-0.4, -0.2) is 36.0 Å². The van der Waals surface area contributed by atoms with E-state index in [2.05, 4.69) is 10.2 Å². The summed E-state index contributed by atoms with van der Waals surface area (Å²) in [6, 6.07) is 6.29. The second-order valence-corrected chi connectivity index (χ2v) is 8.14. The van der Waals surface area contributed by atoms with Gasteiger partial charge in [-0.2, -0.15) is 9.40 Å². The molecule has 1 aliphatic heterocycles. The van der Waals surface area contributed by atoms with Gasteiger partial charge in [-0.1, -0.05) is 6.42 Å². The highest BCUT2D eigenvalue weighted by molar-refractivity contribution is 7.91. The Hall–Kier alpha value is -1.51. The molecule has 2 aromatic heterocycles. The van der Waals surface area contributed by atoms with Crippen molar-refractivity contribution >= 4 is 21.4 Å². The number of nitrogens with zero attached hydrogens (tertiary/aromatic N) is 2. The summed E-state index contributed by atoms with van der Waals surface area (Å²) in [6.45, 7) is 1.18. The Labute approximate surface area is 126 Å². The van der Waals surface area contributed by atoms with Crippen molar-refractivity contribution in [3.63, 3.8) is 0 Å². The first kappa shape index (κ1) is 14.4. The third-order valence-corrected chi connectivity index (χ3v) is 6.90. The molecule has 0 aromatic carbocycles. The van der Waals surface area contributed by atoms with E-state index in [0.717, 1.165) is 24.1 Å². The van der Waals surface area contributed by atoms with E-state index in [1.165, 1.54) is 17.4 Å². The zero-order chi connectivity index (χ0) is 14.9. The van der Waals surface area contributed by atoms with Crippen molar-refractivity contribution in [3.8, 4) is 10.6 Å². The average molecular weight is 325 g/mol. The van der Waals surface area contributed by atoms with Gasteiger partial charge in [0.25, 0.3) is 15.6 Å². The average Bonchev–Trinajstić information content (AvgIpc) is 2.99. The van der Waals surface area contributed by atoms with Crippen molar-refractivity contribution in [1.82, 2.24) is 14.5 Å². The monoisotopic (exact) mass is 325 g/mol. The van der Waals surface area contributed by atoms with E-state index < -0.39 is 10.0 Å². The molecule has 1 aliphatic rings. The molecular weight excluding hydrogens is 310 g/mol. The summed E-state index contributed by atoms with van der Waals surface area (Å²) >= 11 is 1.18. The number of aromatic amines is 1. The molecule has 3 rings (SSSR count). The summed E-state index contributed by atoms with van der Waals surface area (Å²) in [5.74, 6) is 0. The Kier molecular flexibility index (Phi) is 3.92. The fraction of sp³-hybridized carbons (Fsp3) is 0.385. The van der Waals surface area contributed by atoms with Crippen molar-refractivity contribution < 1.29 is 8.42 Å². The van der Waals surface area contributed by atoms with Gasteiger partial charge in [0.05, 0.1) is 4.88 Å². The molecule has 1 N–H and O–H groups in total. The molecule has 0 bridgehead atoms. The van der Waals surface area contributed by atoms with Gasteiger partial charge in [0.1, 0.15) is 9.90 Å². The normalized spacial score (nSPS) is 17.0. The lowest BCUT2D eigenvalue weighted by molar-refractivity contribution is 0.347. The van der Waals surface area contributed by atoms with E-state index in [4.69, 9.17) is 0 Å². The highest BCUT2D eigenvalue weighted by atomic mass is 32.2. The van der Waals surface area contributed by atoms with E-state index in [9.17, 15) is 13.2 Å². The number of aromatic nitrogens is 2. The summed E-state index contributed by atoms with van der Waals surface area (Å²) in [6.07, 6.45) is 2.92. The highest BCUT2D eigenvalue weighted by Crippen LogP contribution is 2.31. The zero-order valence-corrected chi connectivity index (χ0v) is 12.9. The molecule has 1 fully saturated rings. The number of rotatable bonds is 3. The van der Waals surface area contributed by atoms with Gasteiger partial charge in [-0.25, -0.2) is 13.5 Å². The van der Waals surface area contributed by atoms with Crippen LogP contribution in [0.25, 0.3) is 10.6 Å². The first-order valence-electron chi connectivity index (χ1n) is 6.73. The van der Waals surface area contributed by atoms with Gasteiger partial charge in [0, 0.05) is 19.2 Å². The van der Waals surface area contributed by atoms with Gasteiger partial charge in [-0.05, 0) is 31.0 Å². The van der Waals surface area contributed by atoms with Crippen molar-refractivity contribution in [2.45, 2.75) is 23.5 Å². The Morgan fingerprint density at radius 1 is 1.10 bits per heavy atom. The molecule has 0 unspecified atom stereocenters. The largest absolute Gasteiger partial charge is 0.268 e. The lowest BCUT2D eigenvalue weighted by Crippen LogP contribution is -2.35. The minimum atomic E-state index is -3.41. The number of thiophene rings is 1. The van der Waals surface area contributed by atoms with E-state index in [0.29, 0.717) is 23.0 Å². The maximum atomic E-state index is 12.5. The van der Waals surface area contributed by atoms with Crippen LogP contribution in [-0.2, 0) is 10.0 Å². The topological polar surface area (TPSA) is 83.1 Å². The molecule has 3 heterocycles. The molecular formula is C13H15N3O3S2. The van der Waals surface area contributed by atoms with E-state index in [1.807, 2.05) is 0 Å². The van der Waals surface area contributed by atoms with Crippen LogP contribution in [0.5, 0.6) is 0 Å². The van der Waals surface area contributed by atoms with Crippen molar-refractivity contribution in [1.29, 1.82) is 0 Å². The highest BCUT2D eigenvalue weighted by Gasteiger charge is 2.27. The third kappa shape index (κ3) is 2.92. The number of sulfonamides is 1. The molecule has 112 valence electrons. The van der Waals surface area contributed by atoms with Crippen LogP contribution in [0.1, 0.15) is 19.3 Å². The predicted molar refractivity (Wildman–Crippen MR) is 80.8 cm³/mol. The second kappa shape index (κ2) is 5.70. The molecule has 0 spiro atoms. The van der Waals surface area contributed by atoms with Crippen LogP contribution in [0.15, 0.2) is 33.3 Å². The molecule has 21 heavy (non-hydrogen) atoms. The van der Waals surface area contributed by atoms with Gasteiger partial charge in [0.2, 0.25) is 0 Å². The number of hydrogen-bond acceptors (Lipinski definition) is 5. The van der Waals surface area contributed by atoms with E-state index in [-0.39, 0.29) is 5.56 Å². The number of piperidine rings is 1. The van der Waals surface area contributed by atoms with E-state index in [1.54, 1.807) is 22.5 Å². The summed E-state index contributed by atoms with van der Waals surface area (Å²) in [4.78, 5) is 11.7. The van der Waals surface area contributed by atoms with Gasteiger partial charge in [0.15, 0.2) is 0 Å². The zero-order valence-electron chi connectivity index (χ0n) is 11.3. The molecule has 0 radical (unpaired) electrons. The van der Waals surface area contributed by atoms with Crippen LogP contribution < -0.4 is 5.56 Å². The van der Waals surface area contributed by atoms with Gasteiger partial charge < -0.3 is 0 Å². The molecule has 2 aromatic rings. The summed E-state index contributed by atoms with van der Waals surface area (Å²) in [5.41, 5.74) is 0.288. The Morgan fingerprint density at radius 2 is 1.86 bits per heavy atom. The lowest BCUT2D eigenvalue weighted by atomic mass is 10.2. The molecule has 0 amide bonds. The Bertz CT molecular complexity index is 768. The molecule has 6 nitrogen and oxygen atoms in total. The fourth-order valence-electron chi connectivity index (χ4n) is 2.31. The molecule has 1 saturated heterocycles. The van der Waals surface area contributed by atoms with Crippen LogP contribution in [0, 0.1) is 0 Å². The first-order chi connectivity index (χ1) is 10.1. The van der Waals surface area contributed by atoms with E-state index >= 15 is 0 Å². The molecule has 8 heteroatoms. The quantitative estimate of drug-likeness (QED) is 0.930. The second-order valence-electron chi connectivity index (χ2n) is 4.89. The van der Waals surface area contributed by atoms with Gasteiger partial charge in [-0.15, -0.1) is 11.3 Å². The summed E-state index contributed by atoms with van der Waals surface area (Å²) in [7, 11) is -3.41. The minimum absolute atomic E-state index is 0.281. The van der Waals surface area contributed by atoms with Crippen molar-refractivity contribution in [2.24, 2.45) is 0 Å². The van der Waals surface area contributed by atoms with Gasteiger partial charge in [-0.3, -0.25) is 4.79 Å². The number of H-pyrrole nitrogens is 1. The van der Waals surface area contributed by atoms with Crippen molar-refractivity contribution in [3.05, 3.63) is 34.6 Å². The Morgan fingerprint density at radius 3 is 2.52 bits per heavy atom.